The van der Waals surface area contributed by atoms with Crippen molar-refractivity contribution < 1.29 is 19.8 Å². The first kappa shape index (κ1) is 13.4. The normalized spacial score (nSPS) is 11.9. The number of hydrogen-bond acceptors (Lipinski definition) is 5. The van der Waals surface area contributed by atoms with Crippen molar-refractivity contribution in [2.45, 2.75) is 12.6 Å². The van der Waals surface area contributed by atoms with Gasteiger partial charge in [-0.25, -0.2) is 14.6 Å². The Morgan fingerprint density at radius 1 is 1.65 bits per heavy atom. The van der Waals surface area contributed by atoms with Gasteiger partial charge in [0.15, 0.2) is 6.04 Å². The molecule has 0 aliphatic carbocycles. The largest absolute Gasteiger partial charge is 0.480 e. The fourth-order valence-corrected chi connectivity index (χ4v) is 1.62. The average Bonchev–Trinajstić information content (AvgIpc) is 2.77. The van der Waals surface area contributed by atoms with Crippen LogP contribution >= 0.6 is 11.3 Å². The molecular formula is C9H13N3O4S. The summed E-state index contributed by atoms with van der Waals surface area (Å²) in [4.78, 5) is 27.5. The number of carbonyl (C=O) groups is 2. The summed E-state index contributed by atoms with van der Waals surface area (Å²) in [6, 6.07) is -1.86. The van der Waals surface area contributed by atoms with Crippen LogP contribution in [0.1, 0.15) is 5.69 Å². The van der Waals surface area contributed by atoms with Gasteiger partial charge in [0, 0.05) is 12.4 Å². The molecule has 0 saturated carbocycles. The van der Waals surface area contributed by atoms with Crippen molar-refractivity contribution in [2.24, 2.45) is 0 Å². The van der Waals surface area contributed by atoms with Crippen LogP contribution in [0.2, 0.25) is 0 Å². The van der Waals surface area contributed by atoms with Gasteiger partial charge in [-0.3, -0.25) is 0 Å². The molecule has 7 nitrogen and oxygen atoms in total. The van der Waals surface area contributed by atoms with Crippen molar-refractivity contribution in [1.29, 1.82) is 0 Å². The lowest BCUT2D eigenvalue weighted by Crippen LogP contribution is -2.48. The van der Waals surface area contributed by atoms with E-state index in [0.717, 1.165) is 5.69 Å². The van der Waals surface area contributed by atoms with Gasteiger partial charge < -0.3 is 20.4 Å². The number of aliphatic carboxylic acids is 1. The van der Waals surface area contributed by atoms with Crippen molar-refractivity contribution in [3.8, 4) is 0 Å². The molecular weight excluding hydrogens is 246 g/mol. The maximum Gasteiger partial charge on any atom is 0.328 e. The molecule has 0 bridgehead atoms. The van der Waals surface area contributed by atoms with Crippen molar-refractivity contribution >= 4 is 23.3 Å². The molecule has 1 atom stereocenters. The molecule has 94 valence electrons. The van der Waals surface area contributed by atoms with Crippen LogP contribution < -0.4 is 5.32 Å². The van der Waals surface area contributed by atoms with Gasteiger partial charge >= 0.3 is 12.0 Å². The number of urea groups is 1. The molecule has 0 aliphatic heterocycles. The molecule has 1 aromatic heterocycles. The SMILES string of the molecule is CN(Cc1cscn1)C(=O)N[C@@H](CO)C(=O)O. The Morgan fingerprint density at radius 2 is 2.35 bits per heavy atom. The third kappa shape index (κ3) is 4.00. The van der Waals surface area contributed by atoms with Crippen LogP contribution in [-0.4, -0.2) is 51.8 Å². The van der Waals surface area contributed by atoms with Crippen molar-refractivity contribution in [1.82, 2.24) is 15.2 Å². The van der Waals surface area contributed by atoms with Gasteiger partial charge in [0.1, 0.15) is 0 Å². The number of carboxylic acid groups (broad SMARTS) is 1. The minimum atomic E-state index is -1.29. The zero-order valence-corrected chi connectivity index (χ0v) is 9.98. The van der Waals surface area contributed by atoms with Gasteiger partial charge in [0.05, 0.1) is 24.4 Å². The summed E-state index contributed by atoms with van der Waals surface area (Å²) < 4.78 is 0. The number of carbonyl (C=O) groups excluding carboxylic acids is 1. The van der Waals surface area contributed by atoms with E-state index in [4.69, 9.17) is 10.2 Å². The third-order valence-electron chi connectivity index (χ3n) is 2.01. The average molecular weight is 259 g/mol. The van der Waals surface area contributed by atoms with Crippen LogP contribution in [-0.2, 0) is 11.3 Å². The number of thiazole rings is 1. The van der Waals surface area contributed by atoms with E-state index in [9.17, 15) is 9.59 Å². The topological polar surface area (TPSA) is 103 Å². The van der Waals surface area contributed by atoms with Crippen molar-refractivity contribution in [3.63, 3.8) is 0 Å². The van der Waals surface area contributed by atoms with E-state index in [1.807, 2.05) is 0 Å². The van der Waals surface area contributed by atoms with Gasteiger partial charge in [0.25, 0.3) is 0 Å². The molecule has 0 saturated heterocycles. The van der Waals surface area contributed by atoms with Crippen LogP contribution in [0.5, 0.6) is 0 Å². The number of carboxylic acids is 1. The standard InChI is InChI=1S/C9H13N3O4S/c1-12(2-6-4-17-5-10-6)9(16)11-7(3-13)8(14)15/h4-5,7,13H,2-3H2,1H3,(H,11,16)(H,14,15)/t7-/m0/s1. The lowest BCUT2D eigenvalue weighted by atomic mass is 10.3. The summed E-state index contributed by atoms with van der Waals surface area (Å²) in [5.74, 6) is -1.28. The Hall–Kier alpha value is -1.67. The monoisotopic (exact) mass is 259 g/mol. The number of amides is 2. The number of aromatic nitrogens is 1. The number of nitrogens with one attached hydrogen (secondary N) is 1. The van der Waals surface area contributed by atoms with E-state index < -0.39 is 24.6 Å². The predicted molar refractivity (Wildman–Crippen MR) is 60.6 cm³/mol. The summed E-state index contributed by atoms with van der Waals surface area (Å²) >= 11 is 1.41. The lowest BCUT2D eigenvalue weighted by Gasteiger charge is -2.19. The van der Waals surface area contributed by atoms with E-state index in [2.05, 4.69) is 10.3 Å². The van der Waals surface area contributed by atoms with Crippen molar-refractivity contribution in [2.75, 3.05) is 13.7 Å². The zero-order chi connectivity index (χ0) is 12.8. The summed E-state index contributed by atoms with van der Waals surface area (Å²) in [6.45, 7) is -0.362. The van der Waals surface area contributed by atoms with Crippen LogP contribution in [0.25, 0.3) is 0 Å². The minimum Gasteiger partial charge on any atom is -0.480 e. The molecule has 0 fully saturated rings. The minimum absolute atomic E-state index is 0.285. The summed E-state index contributed by atoms with van der Waals surface area (Å²) in [6.07, 6.45) is 0. The fourth-order valence-electron chi connectivity index (χ4n) is 1.08. The number of rotatable bonds is 5. The fraction of sp³-hybridized carbons (Fsp3) is 0.444. The Kier molecular flexibility index (Phi) is 4.85. The molecule has 1 rings (SSSR count). The third-order valence-corrected chi connectivity index (χ3v) is 2.64. The number of hydrogen-bond donors (Lipinski definition) is 3. The predicted octanol–water partition coefficient (Wildman–Crippen LogP) is -0.270. The number of nitrogens with zero attached hydrogens (tertiary/aromatic N) is 2. The molecule has 0 spiro atoms. The molecule has 17 heavy (non-hydrogen) atoms. The highest BCUT2D eigenvalue weighted by atomic mass is 32.1. The van der Waals surface area contributed by atoms with Gasteiger partial charge in [0.2, 0.25) is 0 Å². The van der Waals surface area contributed by atoms with Crippen LogP contribution in [0, 0.1) is 0 Å². The van der Waals surface area contributed by atoms with E-state index in [0.29, 0.717) is 0 Å². The molecule has 3 N–H and O–H groups in total. The molecule has 1 aromatic rings. The van der Waals surface area contributed by atoms with E-state index >= 15 is 0 Å². The van der Waals surface area contributed by atoms with Crippen LogP contribution in [0.4, 0.5) is 4.79 Å². The lowest BCUT2D eigenvalue weighted by molar-refractivity contribution is -0.140. The van der Waals surface area contributed by atoms with E-state index in [1.165, 1.54) is 23.3 Å². The Morgan fingerprint density at radius 3 is 2.82 bits per heavy atom. The first-order valence-corrected chi connectivity index (χ1v) is 5.71. The molecule has 0 aromatic carbocycles. The smallest absolute Gasteiger partial charge is 0.328 e. The van der Waals surface area contributed by atoms with Crippen molar-refractivity contribution in [3.05, 3.63) is 16.6 Å². The zero-order valence-electron chi connectivity index (χ0n) is 9.16. The first-order valence-electron chi connectivity index (χ1n) is 4.77. The molecule has 0 aliphatic rings. The Balaban J connectivity index is 2.49. The molecule has 1 heterocycles. The molecule has 2 amide bonds. The number of aliphatic hydroxyl groups excluding tert-OH is 1. The van der Waals surface area contributed by atoms with Gasteiger partial charge in [-0.1, -0.05) is 0 Å². The van der Waals surface area contributed by atoms with Crippen LogP contribution in [0.15, 0.2) is 10.9 Å². The Labute approximate surface area is 102 Å². The second kappa shape index (κ2) is 6.16. The molecule has 0 unspecified atom stereocenters. The summed E-state index contributed by atoms with van der Waals surface area (Å²) in [5.41, 5.74) is 2.37. The molecule has 0 radical (unpaired) electrons. The number of aliphatic hydroxyl groups is 1. The highest BCUT2D eigenvalue weighted by Crippen LogP contribution is 2.04. The van der Waals surface area contributed by atoms with Gasteiger partial charge in [-0.2, -0.15) is 0 Å². The first-order chi connectivity index (χ1) is 8.04. The maximum atomic E-state index is 11.6. The summed E-state index contributed by atoms with van der Waals surface area (Å²) in [7, 11) is 1.52. The highest BCUT2D eigenvalue weighted by molar-refractivity contribution is 7.07. The second-order valence-corrected chi connectivity index (χ2v) is 4.08. The van der Waals surface area contributed by atoms with Crippen LogP contribution in [0.3, 0.4) is 0 Å². The van der Waals surface area contributed by atoms with E-state index in [-0.39, 0.29) is 6.54 Å². The summed E-state index contributed by atoms with van der Waals surface area (Å²) in [5, 5.41) is 21.4. The van der Waals surface area contributed by atoms with Gasteiger partial charge in [-0.05, 0) is 0 Å². The molecule has 8 heteroatoms. The maximum absolute atomic E-state index is 11.6. The quantitative estimate of drug-likeness (QED) is 0.675. The highest BCUT2D eigenvalue weighted by Gasteiger charge is 2.20. The second-order valence-electron chi connectivity index (χ2n) is 3.36. The van der Waals surface area contributed by atoms with E-state index in [1.54, 1.807) is 10.9 Å². The van der Waals surface area contributed by atoms with Gasteiger partial charge in [-0.15, -0.1) is 11.3 Å². The Bertz CT molecular complexity index is 382.